The van der Waals surface area contributed by atoms with E-state index in [1.165, 1.54) is 0 Å². The van der Waals surface area contributed by atoms with E-state index >= 15 is 0 Å². The summed E-state index contributed by atoms with van der Waals surface area (Å²) in [7, 11) is -0.402. The molecule has 3 atom stereocenters. The van der Waals surface area contributed by atoms with Crippen LogP contribution in [0.25, 0.3) is 0 Å². The molecule has 1 aliphatic carbocycles. The fraction of sp³-hybridized carbons (Fsp3) is 0.733. The van der Waals surface area contributed by atoms with Crippen LogP contribution in [0.4, 0.5) is 0 Å². The van der Waals surface area contributed by atoms with Gasteiger partial charge in [0, 0.05) is 20.6 Å². The van der Waals surface area contributed by atoms with Crippen molar-refractivity contribution in [2.75, 3.05) is 20.8 Å². The van der Waals surface area contributed by atoms with Gasteiger partial charge in [-0.25, -0.2) is 13.1 Å². The fourth-order valence-electron chi connectivity index (χ4n) is 2.91. The molecular weight excluding hydrogens is 306 g/mol. The van der Waals surface area contributed by atoms with Crippen molar-refractivity contribution in [3.05, 3.63) is 23.7 Å². The summed E-state index contributed by atoms with van der Waals surface area (Å²) in [6.45, 7) is 2.21. The van der Waals surface area contributed by atoms with E-state index in [1.807, 2.05) is 13.0 Å². The first kappa shape index (κ1) is 17.5. The minimum absolute atomic E-state index is 0.222. The Labute approximate surface area is 132 Å². The average Bonchev–Trinajstić information content (AvgIpc) is 3.15. The summed E-state index contributed by atoms with van der Waals surface area (Å²) in [5.41, 5.74) is 0. The van der Waals surface area contributed by atoms with Gasteiger partial charge in [0.05, 0.1) is 12.7 Å². The largest absolute Gasteiger partial charge is 0.464 e. The van der Waals surface area contributed by atoms with E-state index in [0.717, 1.165) is 25.0 Å². The molecule has 7 heteroatoms. The van der Waals surface area contributed by atoms with Crippen molar-refractivity contribution < 1.29 is 22.3 Å². The van der Waals surface area contributed by atoms with Crippen LogP contribution >= 0.6 is 0 Å². The van der Waals surface area contributed by atoms with Crippen molar-refractivity contribution in [1.29, 1.82) is 0 Å². The normalized spacial score (nSPS) is 23.8. The van der Waals surface area contributed by atoms with E-state index in [1.54, 1.807) is 20.3 Å². The monoisotopic (exact) mass is 331 g/mol. The van der Waals surface area contributed by atoms with Crippen LogP contribution in [-0.2, 0) is 25.9 Å². The van der Waals surface area contributed by atoms with E-state index in [-0.39, 0.29) is 12.7 Å². The van der Waals surface area contributed by atoms with Crippen LogP contribution in [0.15, 0.2) is 16.5 Å². The summed E-state index contributed by atoms with van der Waals surface area (Å²) in [6, 6.07) is 3.14. The number of sulfonamides is 1. The number of furan rings is 1. The first-order valence-electron chi connectivity index (χ1n) is 7.63. The zero-order valence-electron chi connectivity index (χ0n) is 13.4. The summed E-state index contributed by atoms with van der Waals surface area (Å²) in [5, 5.41) is -0.516. The number of aryl methyl sites for hydroxylation is 1. The molecule has 0 bridgehead atoms. The fourth-order valence-corrected chi connectivity index (χ4v) is 4.79. The number of hydrogen-bond donors (Lipinski definition) is 1. The molecule has 1 fully saturated rings. The summed E-state index contributed by atoms with van der Waals surface area (Å²) in [6.07, 6.45) is 2.77. The SMILES string of the molecule is CCc1ccc(C(COC)NS(=O)(=O)C2CCCC2OC)o1. The van der Waals surface area contributed by atoms with Crippen LogP contribution in [0, 0.1) is 0 Å². The third-order valence-electron chi connectivity index (χ3n) is 4.11. The first-order chi connectivity index (χ1) is 10.5. The van der Waals surface area contributed by atoms with Gasteiger partial charge in [-0.3, -0.25) is 0 Å². The summed E-state index contributed by atoms with van der Waals surface area (Å²) >= 11 is 0. The minimum atomic E-state index is -3.50. The van der Waals surface area contributed by atoms with Gasteiger partial charge < -0.3 is 13.9 Å². The average molecular weight is 331 g/mol. The molecule has 1 heterocycles. The maximum absolute atomic E-state index is 12.6. The summed E-state index contributed by atoms with van der Waals surface area (Å²) in [5.74, 6) is 1.40. The molecule has 0 aliphatic heterocycles. The molecule has 1 saturated carbocycles. The topological polar surface area (TPSA) is 77.8 Å². The van der Waals surface area contributed by atoms with Crippen molar-refractivity contribution >= 4 is 10.0 Å². The molecule has 6 nitrogen and oxygen atoms in total. The van der Waals surface area contributed by atoms with E-state index in [0.29, 0.717) is 12.2 Å². The predicted molar refractivity (Wildman–Crippen MR) is 83.2 cm³/mol. The van der Waals surface area contributed by atoms with Crippen LogP contribution in [0.5, 0.6) is 0 Å². The van der Waals surface area contributed by atoms with Gasteiger partial charge in [0.1, 0.15) is 22.8 Å². The van der Waals surface area contributed by atoms with E-state index in [4.69, 9.17) is 13.9 Å². The Morgan fingerprint density at radius 3 is 2.73 bits per heavy atom. The highest BCUT2D eigenvalue weighted by Gasteiger charge is 2.39. The van der Waals surface area contributed by atoms with Gasteiger partial charge in [-0.1, -0.05) is 6.92 Å². The standard InChI is InChI=1S/C15H25NO5S/c1-4-11-8-9-13(21-11)12(10-19-2)16-22(17,18)15-7-5-6-14(15)20-3/h8-9,12,14-16H,4-7,10H2,1-3H3. The highest BCUT2D eigenvalue weighted by molar-refractivity contribution is 7.90. The van der Waals surface area contributed by atoms with Crippen molar-refractivity contribution in [2.45, 2.75) is 50.0 Å². The predicted octanol–water partition coefficient (Wildman–Crippen LogP) is 2.02. The van der Waals surface area contributed by atoms with Crippen LogP contribution in [0.2, 0.25) is 0 Å². The first-order valence-corrected chi connectivity index (χ1v) is 9.18. The van der Waals surface area contributed by atoms with E-state index in [9.17, 15) is 8.42 Å². The molecule has 0 amide bonds. The molecule has 0 spiro atoms. The van der Waals surface area contributed by atoms with Crippen molar-refractivity contribution in [3.8, 4) is 0 Å². The van der Waals surface area contributed by atoms with Crippen molar-refractivity contribution in [1.82, 2.24) is 4.72 Å². The van der Waals surface area contributed by atoms with Gasteiger partial charge in [0.2, 0.25) is 10.0 Å². The van der Waals surface area contributed by atoms with Crippen LogP contribution < -0.4 is 4.72 Å². The number of hydrogen-bond acceptors (Lipinski definition) is 5. The van der Waals surface area contributed by atoms with E-state index in [2.05, 4.69) is 4.72 Å². The second kappa shape index (κ2) is 7.59. The molecule has 1 N–H and O–H groups in total. The smallest absolute Gasteiger partial charge is 0.217 e. The molecule has 3 unspecified atom stereocenters. The number of nitrogens with one attached hydrogen (secondary N) is 1. The molecular formula is C15H25NO5S. The number of methoxy groups -OCH3 is 2. The lowest BCUT2D eigenvalue weighted by molar-refractivity contribution is 0.110. The van der Waals surface area contributed by atoms with Gasteiger partial charge in [-0.2, -0.15) is 0 Å². The highest BCUT2D eigenvalue weighted by Crippen LogP contribution is 2.29. The van der Waals surface area contributed by atoms with Crippen LogP contribution in [-0.4, -0.2) is 40.6 Å². The number of ether oxygens (including phenoxy) is 2. The molecule has 1 aromatic rings. The molecule has 0 radical (unpaired) electrons. The maximum atomic E-state index is 12.6. The van der Waals surface area contributed by atoms with Crippen LogP contribution in [0.1, 0.15) is 43.7 Å². The van der Waals surface area contributed by atoms with Crippen molar-refractivity contribution in [2.24, 2.45) is 0 Å². The van der Waals surface area contributed by atoms with Gasteiger partial charge >= 0.3 is 0 Å². The third-order valence-corrected chi connectivity index (χ3v) is 6.06. The second-order valence-electron chi connectivity index (χ2n) is 5.57. The highest BCUT2D eigenvalue weighted by atomic mass is 32.2. The molecule has 22 heavy (non-hydrogen) atoms. The maximum Gasteiger partial charge on any atom is 0.217 e. The Morgan fingerprint density at radius 2 is 2.14 bits per heavy atom. The van der Waals surface area contributed by atoms with Crippen LogP contribution in [0.3, 0.4) is 0 Å². The second-order valence-corrected chi connectivity index (χ2v) is 7.50. The van der Waals surface area contributed by atoms with Gasteiger partial charge in [0.25, 0.3) is 0 Å². The van der Waals surface area contributed by atoms with Gasteiger partial charge in [-0.05, 0) is 31.4 Å². The zero-order chi connectivity index (χ0) is 16.2. The summed E-state index contributed by atoms with van der Waals surface area (Å²) < 4.78 is 44.1. The minimum Gasteiger partial charge on any atom is -0.464 e. The molecule has 2 rings (SSSR count). The zero-order valence-corrected chi connectivity index (χ0v) is 14.2. The Hall–Kier alpha value is -0.890. The Kier molecular flexibility index (Phi) is 6.02. The van der Waals surface area contributed by atoms with Gasteiger partial charge in [-0.15, -0.1) is 0 Å². The van der Waals surface area contributed by atoms with E-state index < -0.39 is 21.3 Å². The quantitative estimate of drug-likeness (QED) is 0.788. The lowest BCUT2D eigenvalue weighted by atomic mass is 10.2. The molecule has 126 valence electrons. The molecule has 0 aromatic carbocycles. The molecule has 1 aliphatic rings. The Bertz CT molecular complexity index is 568. The number of rotatable bonds is 8. The third kappa shape index (κ3) is 3.90. The summed E-state index contributed by atoms with van der Waals surface area (Å²) in [4.78, 5) is 0. The Balaban J connectivity index is 2.15. The van der Waals surface area contributed by atoms with Gasteiger partial charge in [0.15, 0.2) is 0 Å². The molecule has 1 aromatic heterocycles. The molecule has 0 saturated heterocycles. The lowest BCUT2D eigenvalue weighted by Gasteiger charge is -2.22. The Morgan fingerprint density at radius 1 is 1.36 bits per heavy atom. The lowest BCUT2D eigenvalue weighted by Crippen LogP contribution is -2.42. The van der Waals surface area contributed by atoms with Crippen molar-refractivity contribution in [3.63, 3.8) is 0 Å².